The van der Waals surface area contributed by atoms with E-state index < -0.39 is 29.8 Å². The van der Waals surface area contributed by atoms with Crippen LogP contribution in [0.5, 0.6) is 0 Å². The maximum atomic E-state index is 13.8. The Morgan fingerprint density at radius 1 is 1.17 bits per heavy atom. The normalized spacial score (nSPS) is 23.3. The number of likely N-dealkylation sites (tertiary alicyclic amines) is 1. The second kappa shape index (κ2) is 8.14. The van der Waals surface area contributed by atoms with Crippen LogP contribution in [0.3, 0.4) is 0 Å². The molecule has 1 fully saturated rings. The monoisotopic (exact) mass is 411 g/mol. The van der Waals surface area contributed by atoms with Crippen molar-refractivity contribution in [3.8, 4) is 0 Å². The number of rotatable bonds is 3. The number of halogens is 1. The topological polar surface area (TPSA) is 102 Å². The van der Waals surface area contributed by atoms with E-state index >= 15 is 0 Å². The minimum Gasteiger partial charge on any atom is -0.461 e. The lowest BCUT2D eigenvalue weighted by molar-refractivity contribution is -0.155. The minimum absolute atomic E-state index is 0.106. The van der Waals surface area contributed by atoms with Gasteiger partial charge in [0.15, 0.2) is 0 Å². The number of piperidine rings is 1. The smallest absolute Gasteiger partial charge is 0.314 e. The Morgan fingerprint density at radius 3 is 2.67 bits per heavy atom. The number of anilines is 1. The van der Waals surface area contributed by atoms with Crippen LogP contribution in [0.4, 0.5) is 14.9 Å². The standard InChI is InChI=1S/C22H22FN3O4/c23-14-6-7-18-15(10-14)16(11-20(27)25-18)21(28)30-19-8-9-26(22(24)29)12-17(19)13-4-2-1-3-5-13/h1-7,10,16-17,19H,8-9,11-12H2,(H2,24,29)(H,25,27). The molecule has 3 amide bonds. The van der Waals surface area contributed by atoms with Crippen molar-refractivity contribution in [1.29, 1.82) is 0 Å². The number of urea groups is 1. The van der Waals surface area contributed by atoms with E-state index in [4.69, 9.17) is 10.5 Å². The Kier molecular flexibility index (Phi) is 5.39. The summed E-state index contributed by atoms with van der Waals surface area (Å²) in [5, 5.41) is 2.66. The highest BCUT2D eigenvalue weighted by Gasteiger charge is 2.38. The number of primary amides is 1. The Balaban J connectivity index is 1.58. The predicted octanol–water partition coefficient (Wildman–Crippen LogP) is 2.73. The zero-order valence-electron chi connectivity index (χ0n) is 16.2. The van der Waals surface area contributed by atoms with Gasteiger partial charge >= 0.3 is 12.0 Å². The molecule has 3 N–H and O–H groups in total. The van der Waals surface area contributed by atoms with E-state index in [9.17, 15) is 18.8 Å². The highest BCUT2D eigenvalue weighted by Crippen LogP contribution is 2.36. The summed E-state index contributed by atoms with van der Waals surface area (Å²) in [6.07, 6.45) is -0.174. The zero-order chi connectivity index (χ0) is 21.3. The average Bonchev–Trinajstić information content (AvgIpc) is 2.74. The summed E-state index contributed by atoms with van der Waals surface area (Å²) in [6, 6.07) is 12.9. The molecule has 0 aliphatic carbocycles. The number of amides is 3. The average molecular weight is 411 g/mol. The third kappa shape index (κ3) is 3.98. The van der Waals surface area contributed by atoms with E-state index in [0.29, 0.717) is 30.8 Å². The van der Waals surface area contributed by atoms with Gasteiger partial charge in [0.05, 0.1) is 5.92 Å². The lowest BCUT2D eigenvalue weighted by Crippen LogP contribution is -2.48. The van der Waals surface area contributed by atoms with Crippen molar-refractivity contribution in [2.45, 2.75) is 30.8 Å². The molecule has 0 radical (unpaired) electrons. The molecule has 3 atom stereocenters. The van der Waals surface area contributed by atoms with E-state index in [1.807, 2.05) is 30.3 Å². The lowest BCUT2D eigenvalue weighted by Gasteiger charge is -2.38. The predicted molar refractivity (Wildman–Crippen MR) is 107 cm³/mol. The van der Waals surface area contributed by atoms with Gasteiger partial charge in [0.1, 0.15) is 11.9 Å². The van der Waals surface area contributed by atoms with Crippen LogP contribution >= 0.6 is 0 Å². The number of nitrogens with two attached hydrogens (primary N) is 1. The number of carbonyl (C=O) groups is 3. The number of carbonyl (C=O) groups excluding carboxylic acids is 3. The summed E-state index contributed by atoms with van der Waals surface area (Å²) < 4.78 is 19.6. The summed E-state index contributed by atoms with van der Waals surface area (Å²) in [6.45, 7) is 0.695. The molecule has 156 valence electrons. The van der Waals surface area contributed by atoms with Crippen molar-refractivity contribution in [2.24, 2.45) is 5.73 Å². The quantitative estimate of drug-likeness (QED) is 0.758. The van der Waals surface area contributed by atoms with E-state index in [-0.39, 0.29) is 18.2 Å². The molecule has 2 aliphatic heterocycles. The molecule has 2 heterocycles. The fourth-order valence-electron chi connectivity index (χ4n) is 4.17. The summed E-state index contributed by atoms with van der Waals surface area (Å²) in [4.78, 5) is 38.3. The minimum atomic E-state index is -0.880. The third-order valence-corrected chi connectivity index (χ3v) is 5.69. The summed E-state index contributed by atoms with van der Waals surface area (Å²) in [5.74, 6) is -2.51. The first-order valence-electron chi connectivity index (χ1n) is 9.81. The zero-order valence-corrected chi connectivity index (χ0v) is 16.2. The largest absolute Gasteiger partial charge is 0.461 e. The molecular formula is C22H22FN3O4. The maximum absolute atomic E-state index is 13.8. The first-order chi connectivity index (χ1) is 14.4. The van der Waals surface area contributed by atoms with Gasteiger partial charge in [-0.2, -0.15) is 0 Å². The van der Waals surface area contributed by atoms with Crippen LogP contribution in [0.15, 0.2) is 48.5 Å². The second-order valence-corrected chi connectivity index (χ2v) is 7.60. The number of hydrogen-bond donors (Lipinski definition) is 2. The van der Waals surface area contributed by atoms with Crippen LogP contribution in [-0.2, 0) is 14.3 Å². The Morgan fingerprint density at radius 2 is 1.93 bits per heavy atom. The molecule has 0 bridgehead atoms. The van der Waals surface area contributed by atoms with Crippen LogP contribution in [0, 0.1) is 5.82 Å². The van der Waals surface area contributed by atoms with Gasteiger partial charge in [0.25, 0.3) is 0 Å². The van der Waals surface area contributed by atoms with Crippen LogP contribution < -0.4 is 11.1 Å². The molecular weight excluding hydrogens is 389 g/mol. The first kappa shape index (κ1) is 19.9. The molecule has 0 spiro atoms. The lowest BCUT2D eigenvalue weighted by atomic mass is 9.87. The number of esters is 1. The number of ether oxygens (including phenoxy) is 1. The molecule has 7 nitrogen and oxygen atoms in total. The van der Waals surface area contributed by atoms with E-state index in [0.717, 1.165) is 5.56 Å². The molecule has 0 saturated carbocycles. The van der Waals surface area contributed by atoms with Crippen molar-refractivity contribution in [3.63, 3.8) is 0 Å². The first-order valence-corrected chi connectivity index (χ1v) is 9.81. The fourth-order valence-corrected chi connectivity index (χ4v) is 4.17. The van der Waals surface area contributed by atoms with Crippen molar-refractivity contribution in [2.75, 3.05) is 18.4 Å². The molecule has 30 heavy (non-hydrogen) atoms. The van der Waals surface area contributed by atoms with Crippen LogP contribution in [0.2, 0.25) is 0 Å². The van der Waals surface area contributed by atoms with Crippen molar-refractivity contribution < 1.29 is 23.5 Å². The van der Waals surface area contributed by atoms with E-state index in [1.165, 1.54) is 23.1 Å². The number of benzene rings is 2. The fraction of sp³-hybridized carbons (Fsp3) is 0.318. The number of fused-ring (bicyclic) bond motifs is 1. The third-order valence-electron chi connectivity index (χ3n) is 5.69. The number of nitrogens with one attached hydrogen (secondary N) is 1. The van der Waals surface area contributed by atoms with Gasteiger partial charge in [-0.05, 0) is 29.3 Å². The Bertz CT molecular complexity index is 982. The Hall–Kier alpha value is -3.42. The molecule has 4 rings (SSSR count). The van der Waals surface area contributed by atoms with Gasteiger partial charge < -0.3 is 20.7 Å². The second-order valence-electron chi connectivity index (χ2n) is 7.60. The van der Waals surface area contributed by atoms with Gasteiger partial charge in [0.2, 0.25) is 5.91 Å². The van der Waals surface area contributed by atoms with Crippen molar-refractivity contribution in [3.05, 3.63) is 65.5 Å². The maximum Gasteiger partial charge on any atom is 0.314 e. The van der Waals surface area contributed by atoms with Gasteiger partial charge in [-0.1, -0.05) is 30.3 Å². The number of nitrogens with zero attached hydrogens (tertiary/aromatic N) is 1. The molecule has 0 aromatic heterocycles. The van der Waals surface area contributed by atoms with E-state index in [2.05, 4.69) is 5.32 Å². The van der Waals surface area contributed by atoms with Gasteiger partial charge in [-0.25, -0.2) is 9.18 Å². The van der Waals surface area contributed by atoms with Gasteiger partial charge in [-0.15, -0.1) is 0 Å². The summed E-state index contributed by atoms with van der Waals surface area (Å²) in [7, 11) is 0. The summed E-state index contributed by atoms with van der Waals surface area (Å²) >= 11 is 0. The highest BCUT2D eigenvalue weighted by atomic mass is 19.1. The van der Waals surface area contributed by atoms with Crippen LogP contribution in [-0.4, -0.2) is 42.0 Å². The highest BCUT2D eigenvalue weighted by molar-refractivity contribution is 6.00. The van der Waals surface area contributed by atoms with Crippen LogP contribution in [0.1, 0.15) is 35.8 Å². The molecule has 1 saturated heterocycles. The van der Waals surface area contributed by atoms with Crippen molar-refractivity contribution in [1.82, 2.24) is 4.90 Å². The molecule has 2 aliphatic rings. The van der Waals surface area contributed by atoms with Crippen LogP contribution in [0.25, 0.3) is 0 Å². The molecule has 8 heteroatoms. The SMILES string of the molecule is NC(=O)N1CCC(OC(=O)C2CC(=O)Nc3ccc(F)cc32)C(c2ccccc2)C1. The Labute approximate surface area is 173 Å². The van der Waals surface area contributed by atoms with Gasteiger partial charge in [0, 0.05) is 37.5 Å². The molecule has 3 unspecified atom stereocenters. The summed E-state index contributed by atoms with van der Waals surface area (Å²) in [5.41, 5.74) is 7.20. The van der Waals surface area contributed by atoms with Gasteiger partial charge in [-0.3, -0.25) is 9.59 Å². The van der Waals surface area contributed by atoms with Crippen molar-refractivity contribution >= 4 is 23.6 Å². The van der Waals surface area contributed by atoms with E-state index in [1.54, 1.807) is 0 Å². The molecule has 2 aromatic rings. The number of hydrogen-bond acceptors (Lipinski definition) is 4. The molecule has 2 aromatic carbocycles.